The number of carbonyl (C=O) groups is 2. The predicted molar refractivity (Wildman–Crippen MR) is 227 cm³/mol. The van der Waals surface area contributed by atoms with Crippen molar-refractivity contribution in [3.63, 3.8) is 0 Å². The van der Waals surface area contributed by atoms with Crippen LogP contribution in [0.3, 0.4) is 0 Å². The number of allylic oxidation sites excluding steroid dienone is 2. The number of aliphatic hydroxyl groups is 1. The number of unbranched alkanes of at least 4 members (excludes halogenated alkanes) is 20. The SMILES string of the molecule is CCCCCCC(=CC(=O)OCCCCCCCN(CCCO)CCCCCCCOC(=O)C=C(CCCCCC)CCCCCC)CCCCCC. The molecule has 0 aromatic heterocycles. The van der Waals surface area contributed by atoms with Crippen molar-refractivity contribution >= 4 is 11.9 Å². The summed E-state index contributed by atoms with van der Waals surface area (Å²) >= 11 is 0. The van der Waals surface area contributed by atoms with E-state index in [-0.39, 0.29) is 18.5 Å². The Bertz CT molecular complexity index is 775. The number of ether oxygens (including phenoxy) is 2. The Balaban J connectivity index is 4.20. The molecule has 0 aromatic rings. The van der Waals surface area contributed by atoms with E-state index in [9.17, 15) is 14.7 Å². The maximum atomic E-state index is 12.5. The van der Waals surface area contributed by atoms with E-state index in [1.165, 1.54) is 152 Å². The fraction of sp³-hybridized carbons (Fsp3) is 0.872. The van der Waals surface area contributed by atoms with E-state index in [0.29, 0.717) is 13.2 Å². The normalized spacial score (nSPS) is 11.2. The first kappa shape index (κ1) is 51.3. The topological polar surface area (TPSA) is 76.1 Å². The summed E-state index contributed by atoms with van der Waals surface area (Å²) in [4.78, 5) is 27.5. The average Bonchev–Trinajstić information content (AvgIpc) is 3.15. The average molecular weight is 748 g/mol. The first-order valence-corrected chi connectivity index (χ1v) is 23.1. The lowest BCUT2D eigenvalue weighted by molar-refractivity contribution is -0.138. The molecule has 0 saturated heterocycles. The van der Waals surface area contributed by atoms with E-state index in [4.69, 9.17) is 9.47 Å². The molecule has 0 rings (SSSR count). The Morgan fingerprint density at radius 3 is 1.06 bits per heavy atom. The van der Waals surface area contributed by atoms with Crippen LogP contribution in [0.1, 0.15) is 227 Å². The summed E-state index contributed by atoms with van der Waals surface area (Å²) in [6, 6.07) is 0. The van der Waals surface area contributed by atoms with E-state index < -0.39 is 0 Å². The maximum Gasteiger partial charge on any atom is 0.330 e. The van der Waals surface area contributed by atoms with Gasteiger partial charge in [-0.25, -0.2) is 9.59 Å². The van der Waals surface area contributed by atoms with Crippen LogP contribution >= 0.6 is 0 Å². The molecule has 53 heavy (non-hydrogen) atoms. The molecule has 0 saturated carbocycles. The second-order valence-corrected chi connectivity index (χ2v) is 15.6. The van der Waals surface area contributed by atoms with Crippen molar-refractivity contribution in [3.05, 3.63) is 23.3 Å². The largest absolute Gasteiger partial charge is 0.463 e. The van der Waals surface area contributed by atoms with Crippen LogP contribution in [0.15, 0.2) is 23.3 Å². The molecule has 0 aliphatic heterocycles. The number of rotatable bonds is 41. The number of esters is 2. The Morgan fingerprint density at radius 2 is 0.717 bits per heavy atom. The Labute approximate surface area is 329 Å². The lowest BCUT2D eigenvalue weighted by Gasteiger charge is -2.22. The van der Waals surface area contributed by atoms with E-state index in [0.717, 1.165) is 77.4 Å². The van der Waals surface area contributed by atoms with Crippen LogP contribution in [0.25, 0.3) is 0 Å². The van der Waals surface area contributed by atoms with Crippen molar-refractivity contribution in [2.45, 2.75) is 227 Å². The van der Waals surface area contributed by atoms with E-state index in [2.05, 4.69) is 32.6 Å². The first-order chi connectivity index (χ1) is 26.0. The molecule has 6 nitrogen and oxygen atoms in total. The molecular formula is C47H89NO5. The fourth-order valence-corrected chi connectivity index (χ4v) is 6.98. The molecule has 6 heteroatoms. The highest BCUT2D eigenvalue weighted by atomic mass is 16.5. The molecule has 0 fully saturated rings. The number of hydrogen-bond donors (Lipinski definition) is 1. The molecule has 0 spiro atoms. The highest BCUT2D eigenvalue weighted by molar-refractivity contribution is 5.83. The zero-order chi connectivity index (χ0) is 38.9. The van der Waals surface area contributed by atoms with Crippen LogP contribution in [0.5, 0.6) is 0 Å². The standard InChI is InChI=1S/C47H89NO5/c1-5-9-13-23-32-44(33-24-14-10-6-2)42-46(50)52-40-29-21-17-19-27-36-48(38-31-39-49)37-28-20-18-22-30-41-53-47(51)43-45(34-25-15-11-7-3)35-26-16-12-8-4/h42-43,49H,5-41H2,1-4H3. The number of hydrogen-bond acceptors (Lipinski definition) is 6. The molecule has 0 aliphatic rings. The quantitative estimate of drug-likeness (QED) is 0.0381. The van der Waals surface area contributed by atoms with E-state index in [1.54, 1.807) is 12.2 Å². The van der Waals surface area contributed by atoms with Gasteiger partial charge in [-0.15, -0.1) is 0 Å². The van der Waals surface area contributed by atoms with Gasteiger partial charge in [0.1, 0.15) is 0 Å². The highest BCUT2D eigenvalue weighted by Gasteiger charge is 2.08. The maximum absolute atomic E-state index is 12.5. The van der Waals surface area contributed by atoms with Crippen molar-refractivity contribution < 1.29 is 24.2 Å². The van der Waals surface area contributed by atoms with Gasteiger partial charge in [0, 0.05) is 25.3 Å². The summed E-state index contributed by atoms with van der Waals surface area (Å²) in [6.45, 7) is 13.4. The van der Waals surface area contributed by atoms with Crippen molar-refractivity contribution in [2.75, 3.05) is 39.5 Å². The molecule has 1 N–H and O–H groups in total. The molecule has 0 aliphatic carbocycles. The first-order valence-electron chi connectivity index (χ1n) is 23.1. The molecular weight excluding hydrogens is 659 g/mol. The third kappa shape index (κ3) is 37.1. The minimum Gasteiger partial charge on any atom is -0.463 e. The van der Waals surface area contributed by atoms with Gasteiger partial charge in [-0.05, 0) is 96.6 Å². The molecule has 0 radical (unpaired) electrons. The molecule has 0 atom stereocenters. The summed E-state index contributed by atoms with van der Waals surface area (Å²) in [5.41, 5.74) is 2.56. The zero-order valence-electron chi connectivity index (χ0n) is 35.8. The van der Waals surface area contributed by atoms with Gasteiger partial charge in [0.2, 0.25) is 0 Å². The van der Waals surface area contributed by atoms with Gasteiger partial charge < -0.3 is 19.5 Å². The Hall–Kier alpha value is -1.66. The van der Waals surface area contributed by atoms with Gasteiger partial charge in [-0.3, -0.25) is 0 Å². The summed E-state index contributed by atoms with van der Waals surface area (Å²) < 4.78 is 11.2. The summed E-state index contributed by atoms with van der Waals surface area (Å²) in [7, 11) is 0. The minimum absolute atomic E-state index is 0.146. The Morgan fingerprint density at radius 1 is 0.415 bits per heavy atom. The fourth-order valence-electron chi connectivity index (χ4n) is 6.98. The molecule has 0 aromatic carbocycles. The Kier molecular flexibility index (Phi) is 40.2. The zero-order valence-corrected chi connectivity index (χ0v) is 35.8. The molecule has 0 heterocycles. The van der Waals surface area contributed by atoms with Crippen molar-refractivity contribution in [2.24, 2.45) is 0 Å². The van der Waals surface area contributed by atoms with E-state index in [1.807, 2.05) is 0 Å². The van der Waals surface area contributed by atoms with Crippen LogP contribution in [-0.2, 0) is 19.1 Å². The van der Waals surface area contributed by atoms with E-state index >= 15 is 0 Å². The van der Waals surface area contributed by atoms with Gasteiger partial charge in [-0.2, -0.15) is 0 Å². The van der Waals surface area contributed by atoms with Crippen LogP contribution in [-0.4, -0.2) is 61.4 Å². The lowest BCUT2D eigenvalue weighted by Crippen LogP contribution is -2.27. The third-order valence-electron chi connectivity index (χ3n) is 10.4. The van der Waals surface area contributed by atoms with Crippen LogP contribution in [0.4, 0.5) is 0 Å². The number of carbonyl (C=O) groups excluding carboxylic acids is 2. The van der Waals surface area contributed by atoms with Crippen molar-refractivity contribution in [1.82, 2.24) is 4.90 Å². The summed E-state index contributed by atoms with van der Waals surface area (Å²) in [5.74, 6) is -0.292. The lowest BCUT2D eigenvalue weighted by atomic mass is 10.00. The summed E-state index contributed by atoms with van der Waals surface area (Å²) in [5, 5.41) is 9.40. The van der Waals surface area contributed by atoms with Crippen molar-refractivity contribution in [1.29, 1.82) is 0 Å². The van der Waals surface area contributed by atoms with Crippen LogP contribution < -0.4 is 0 Å². The van der Waals surface area contributed by atoms with Gasteiger partial charge in [0.15, 0.2) is 0 Å². The van der Waals surface area contributed by atoms with Gasteiger partial charge in [-0.1, -0.05) is 154 Å². The smallest absolute Gasteiger partial charge is 0.330 e. The molecule has 312 valence electrons. The summed E-state index contributed by atoms with van der Waals surface area (Å²) in [6.07, 6.45) is 39.4. The third-order valence-corrected chi connectivity index (χ3v) is 10.4. The predicted octanol–water partition coefficient (Wildman–Crippen LogP) is 13.4. The highest BCUT2D eigenvalue weighted by Crippen LogP contribution is 2.19. The van der Waals surface area contributed by atoms with Gasteiger partial charge in [0.05, 0.1) is 13.2 Å². The van der Waals surface area contributed by atoms with Gasteiger partial charge in [0.25, 0.3) is 0 Å². The van der Waals surface area contributed by atoms with Gasteiger partial charge >= 0.3 is 11.9 Å². The second-order valence-electron chi connectivity index (χ2n) is 15.6. The second kappa shape index (κ2) is 41.5. The molecule has 0 amide bonds. The monoisotopic (exact) mass is 748 g/mol. The number of nitrogens with zero attached hydrogens (tertiary/aromatic N) is 1. The minimum atomic E-state index is -0.146. The van der Waals surface area contributed by atoms with Crippen molar-refractivity contribution in [3.8, 4) is 0 Å². The molecule has 0 unspecified atom stereocenters. The number of aliphatic hydroxyl groups excluding tert-OH is 1. The van der Waals surface area contributed by atoms with Crippen LogP contribution in [0, 0.1) is 0 Å². The molecule has 0 bridgehead atoms. The van der Waals surface area contributed by atoms with Crippen LogP contribution in [0.2, 0.25) is 0 Å².